The molecule has 0 unspecified atom stereocenters. The number of nitrogens with one attached hydrogen (secondary N) is 1. The molecule has 3 aromatic rings. The summed E-state index contributed by atoms with van der Waals surface area (Å²) in [6, 6.07) is 13.4. The summed E-state index contributed by atoms with van der Waals surface area (Å²) < 4.78 is 21.4. The molecule has 7 nitrogen and oxygen atoms in total. The van der Waals surface area contributed by atoms with Gasteiger partial charge in [0.15, 0.2) is 5.82 Å². The number of hydrogen-bond donors (Lipinski definition) is 1. The molecule has 30 heavy (non-hydrogen) atoms. The molecule has 2 aromatic carbocycles. The zero-order valence-corrected chi connectivity index (χ0v) is 16.7. The van der Waals surface area contributed by atoms with Gasteiger partial charge in [0, 0.05) is 18.2 Å². The first-order valence-corrected chi connectivity index (χ1v) is 9.90. The van der Waals surface area contributed by atoms with Crippen molar-refractivity contribution in [2.45, 2.75) is 31.8 Å². The molecule has 1 saturated carbocycles. The third kappa shape index (κ3) is 4.42. The van der Waals surface area contributed by atoms with Gasteiger partial charge in [-0.3, -0.25) is 9.36 Å². The maximum absolute atomic E-state index is 13.3. The smallest absolute Gasteiger partial charge is 0.346 e. The summed E-state index contributed by atoms with van der Waals surface area (Å²) in [5.74, 6) is 0.806. The van der Waals surface area contributed by atoms with E-state index in [1.165, 1.54) is 16.8 Å². The van der Waals surface area contributed by atoms with Crippen molar-refractivity contribution in [1.29, 1.82) is 0 Å². The highest BCUT2D eigenvalue weighted by molar-refractivity contribution is 5.78. The fraction of sp³-hybridized carbons (Fsp3) is 0.318. The number of hydrogen-bond acceptors (Lipinski definition) is 4. The molecule has 1 fully saturated rings. The van der Waals surface area contributed by atoms with Crippen molar-refractivity contribution in [2.75, 3.05) is 13.7 Å². The molecule has 4 rings (SSSR count). The molecule has 1 aliphatic rings. The van der Waals surface area contributed by atoms with E-state index in [1.807, 2.05) is 24.3 Å². The van der Waals surface area contributed by atoms with Crippen LogP contribution in [0, 0.1) is 5.82 Å². The van der Waals surface area contributed by atoms with Crippen molar-refractivity contribution in [1.82, 2.24) is 19.7 Å². The number of benzene rings is 2. The van der Waals surface area contributed by atoms with Crippen LogP contribution in [0.25, 0.3) is 11.4 Å². The topological polar surface area (TPSA) is 78.2 Å². The Bertz CT molecular complexity index is 1080. The highest BCUT2D eigenvalue weighted by Crippen LogP contribution is 2.36. The van der Waals surface area contributed by atoms with Crippen LogP contribution in [0.2, 0.25) is 0 Å². The zero-order valence-electron chi connectivity index (χ0n) is 16.7. The van der Waals surface area contributed by atoms with Crippen molar-refractivity contribution in [3.8, 4) is 17.1 Å². The molecule has 0 spiro atoms. The normalized spacial score (nSPS) is 13.3. The number of carbonyl (C=O) groups is 1. The predicted molar refractivity (Wildman–Crippen MR) is 110 cm³/mol. The lowest BCUT2D eigenvalue weighted by Crippen LogP contribution is -2.32. The Hall–Kier alpha value is -3.42. The van der Waals surface area contributed by atoms with Gasteiger partial charge >= 0.3 is 5.69 Å². The van der Waals surface area contributed by atoms with Crippen LogP contribution in [0.3, 0.4) is 0 Å². The van der Waals surface area contributed by atoms with Crippen LogP contribution in [0.5, 0.6) is 5.75 Å². The maximum atomic E-state index is 13.3. The Morgan fingerprint density at radius 3 is 2.50 bits per heavy atom. The van der Waals surface area contributed by atoms with Gasteiger partial charge in [0.1, 0.15) is 11.6 Å². The van der Waals surface area contributed by atoms with Crippen LogP contribution in [0.15, 0.2) is 53.3 Å². The van der Waals surface area contributed by atoms with E-state index in [-0.39, 0.29) is 36.4 Å². The van der Waals surface area contributed by atoms with Crippen LogP contribution < -0.4 is 15.7 Å². The molecule has 1 heterocycles. The van der Waals surface area contributed by atoms with Crippen molar-refractivity contribution < 1.29 is 13.9 Å². The Morgan fingerprint density at radius 1 is 1.17 bits per heavy atom. The quantitative estimate of drug-likeness (QED) is 0.619. The molecule has 0 saturated heterocycles. The fourth-order valence-electron chi connectivity index (χ4n) is 3.32. The third-order valence-electron chi connectivity index (χ3n) is 5.05. The summed E-state index contributed by atoms with van der Waals surface area (Å²) in [6.07, 6.45) is 2.10. The zero-order chi connectivity index (χ0) is 21.1. The number of nitrogens with zero attached hydrogens (tertiary/aromatic N) is 3. The largest absolute Gasteiger partial charge is 0.497 e. The predicted octanol–water partition coefficient (Wildman–Crippen LogP) is 2.55. The van der Waals surface area contributed by atoms with Gasteiger partial charge in [-0.1, -0.05) is 12.1 Å². The highest BCUT2D eigenvalue weighted by atomic mass is 19.1. The van der Waals surface area contributed by atoms with Crippen molar-refractivity contribution >= 4 is 5.91 Å². The number of rotatable bonds is 8. The number of ether oxygens (including phenoxy) is 1. The van der Waals surface area contributed by atoms with Gasteiger partial charge in [-0.25, -0.2) is 13.9 Å². The SMILES string of the molecule is COc1ccc(CC(=O)NCCn2nc(-c3ccc(F)cc3)n(C3CC3)c2=O)cc1. The van der Waals surface area contributed by atoms with Crippen molar-refractivity contribution in [3.05, 3.63) is 70.4 Å². The van der Waals surface area contributed by atoms with E-state index in [0.717, 1.165) is 24.2 Å². The third-order valence-corrected chi connectivity index (χ3v) is 5.05. The van der Waals surface area contributed by atoms with E-state index in [9.17, 15) is 14.0 Å². The molecule has 8 heteroatoms. The summed E-state index contributed by atoms with van der Waals surface area (Å²) >= 11 is 0. The standard InChI is InChI=1S/C22H23FN4O3/c1-30-19-10-2-15(3-11-19)14-20(28)24-12-13-26-22(29)27(18-8-9-18)21(25-26)16-4-6-17(23)7-5-16/h2-7,10-11,18H,8-9,12-14H2,1H3,(H,24,28). The number of halogens is 1. The monoisotopic (exact) mass is 410 g/mol. The van der Waals surface area contributed by atoms with Gasteiger partial charge in [-0.15, -0.1) is 5.10 Å². The number of aromatic nitrogens is 3. The average molecular weight is 410 g/mol. The Kier molecular flexibility index (Phi) is 5.65. The second-order valence-electron chi connectivity index (χ2n) is 7.31. The lowest BCUT2D eigenvalue weighted by atomic mass is 10.1. The van der Waals surface area contributed by atoms with Gasteiger partial charge in [0.05, 0.1) is 20.1 Å². The molecule has 1 aliphatic carbocycles. The van der Waals surface area contributed by atoms with Gasteiger partial charge in [-0.2, -0.15) is 0 Å². The summed E-state index contributed by atoms with van der Waals surface area (Å²) in [6.45, 7) is 0.556. The van der Waals surface area contributed by atoms with Gasteiger partial charge in [0.25, 0.3) is 0 Å². The van der Waals surface area contributed by atoms with E-state index in [2.05, 4.69) is 10.4 Å². The van der Waals surface area contributed by atoms with E-state index in [4.69, 9.17) is 4.74 Å². The van der Waals surface area contributed by atoms with E-state index < -0.39 is 0 Å². The first-order valence-electron chi connectivity index (χ1n) is 9.90. The first-order chi connectivity index (χ1) is 14.5. The minimum Gasteiger partial charge on any atom is -0.497 e. The molecule has 156 valence electrons. The molecule has 0 radical (unpaired) electrons. The van der Waals surface area contributed by atoms with Crippen LogP contribution in [-0.2, 0) is 17.8 Å². The summed E-state index contributed by atoms with van der Waals surface area (Å²) in [5, 5.41) is 7.28. The molecule has 1 N–H and O–H groups in total. The molecule has 0 bridgehead atoms. The number of amides is 1. The van der Waals surface area contributed by atoms with E-state index >= 15 is 0 Å². The minimum atomic E-state index is -0.335. The maximum Gasteiger partial charge on any atom is 0.346 e. The van der Waals surface area contributed by atoms with Crippen LogP contribution >= 0.6 is 0 Å². The first kappa shape index (κ1) is 19.9. The van der Waals surface area contributed by atoms with E-state index in [0.29, 0.717) is 17.9 Å². The fourth-order valence-corrected chi connectivity index (χ4v) is 3.32. The molecular formula is C22H23FN4O3. The van der Waals surface area contributed by atoms with Crippen molar-refractivity contribution in [2.24, 2.45) is 0 Å². The molecule has 1 aromatic heterocycles. The second-order valence-corrected chi connectivity index (χ2v) is 7.31. The highest BCUT2D eigenvalue weighted by Gasteiger charge is 2.30. The number of carbonyl (C=O) groups excluding carboxylic acids is 1. The number of methoxy groups -OCH3 is 1. The Labute approximate surface area is 173 Å². The summed E-state index contributed by atoms with van der Waals surface area (Å²) in [7, 11) is 1.59. The van der Waals surface area contributed by atoms with Crippen LogP contribution in [-0.4, -0.2) is 33.9 Å². The summed E-state index contributed by atoms with van der Waals surface area (Å²) in [4.78, 5) is 25.0. The lowest BCUT2D eigenvalue weighted by molar-refractivity contribution is -0.120. The summed E-state index contributed by atoms with van der Waals surface area (Å²) in [5.41, 5.74) is 1.37. The average Bonchev–Trinajstić information content (AvgIpc) is 3.53. The Balaban J connectivity index is 1.41. The van der Waals surface area contributed by atoms with Crippen molar-refractivity contribution in [3.63, 3.8) is 0 Å². The molecule has 0 atom stereocenters. The van der Waals surface area contributed by atoms with Gasteiger partial charge in [-0.05, 0) is 54.8 Å². The minimum absolute atomic E-state index is 0.131. The second kappa shape index (κ2) is 8.52. The van der Waals surface area contributed by atoms with Crippen LogP contribution in [0.1, 0.15) is 24.4 Å². The van der Waals surface area contributed by atoms with Crippen LogP contribution in [0.4, 0.5) is 4.39 Å². The van der Waals surface area contributed by atoms with Gasteiger partial charge in [0.2, 0.25) is 5.91 Å². The Morgan fingerprint density at radius 2 is 1.87 bits per heavy atom. The molecule has 1 amide bonds. The molecular weight excluding hydrogens is 387 g/mol. The van der Waals surface area contributed by atoms with Gasteiger partial charge < -0.3 is 10.1 Å². The van der Waals surface area contributed by atoms with E-state index in [1.54, 1.807) is 23.8 Å². The lowest BCUT2D eigenvalue weighted by Gasteiger charge is -2.06. The molecule has 0 aliphatic heterocycles.